The zero-order valence-electron chi connectivity index (χ0n) is 15.2. The molecule has 2 aliphatic rings. The summed E-state index contributed by atoms with van der Waals surface area (Å²) in [5.74, 6) is -0.770. The van der Waals surface area contributed by atoms with Crippen LogP contribution in [0.15, 0.2) is 18.2 Å². The van der Waals surface area contributed by atoms with Crippen LogP contribution < -0.4 is 10.1 Å². The maximum atomic E-state index is 14.1. The van der Waals surface area contributed by atoms with Crippen LogP contribution in [-0.4, -0.2) is 60.0 Å². The Morgan fingerprint density at radius 3 is 2.58 bits per heavy atom. The van der Waals surface area contributed by atoms with E-state index in [1.807, 2.05) is 7.05 Å². The number of methoxy groups -OCH3 is 1. The van der Waals surface area contributed by atoms with Gasteiger partial charge in [0, 0.05) is 13.1 Å². The number of nitrogens with one attached hydrogen (secondary N) is 1. The Bertz CT molecular complexity index is 655. The van der Waals surface area contributed by atoms with E-state index in [1.54, 1.807) is 6.07 Å². The Morgan fingerprint density at radius 2 is 2.04 bits per heavy atom. The van der Waals surface area contributed by atoms with Gasteiger partial charge in [0.05, 0.1) is 19.3 Å². The lowest BCUT2D eigenvalue weighted by molar-refractivity contribution is -0.146. The van der Waals surface area contributed by atoms with E-state index in [2.05, 4.69) is 10.2 Å². The number of nitrogens with zero attached hydrogens (tertiary/aromatic N) is 1. The fourth-order valence-corrected chi connectivity index (χ4v) is 3.74. The molecule has 7 heteroatoms. The van der Waals surface area contributed by atoms with Crippen LogP contribution in [-0.2, 0) is 4.79 Å². The van der Waals surface area contributed by atoms with Crippen LogP contribution in [0.4, 0.5) is 4.39 Å². The van der Waals surface area contributed by atoms with Crippen molar-refractivity contribution in [3.05, 3.63) is 29.6 Å². The molecule has 1 saturated heterocycles. The van der Waals surface area contributed by atoms with Crippen molar-refractivity contribution in [2.75, 3.05) is 27.2 Å². The molecule has 0 aromatic heterocycles. The highest BCUT2D eigenvalue weighted by atomic mass is 19.1. The monoisotopic (exact) mass is 366 g/mol. The minimum Gasteiger partial charge on any atom is -0.494 e. The van der Waals surface area contributed by atoms with Crippen molar-refractivity contribution in [3.8, 4) is 5.75 Å². The number of piperidine rings is 1. The zero-order chi connectivity index (χ0) is 18.9. The minimum absolute atomic E-state index is 0.0107. The number of aliphatic hydroxyl groups is 2. The number of likely N-dealkylation sites (tertiary alicyclic amines) is 1. The minimum atomic E-state index is -1.40. The number of halogens is 1. The molecule has 1 amide bonds. The first-order chi connectivity index (χ1) is 12.3. The van der Waals surface area contributed by atoms with Crippen molar-refractivity contribution in [2.45, 2.75) is 43.4 Å². The van der Waals surface area contributed by atoms with Gasteiger partial charge in [0.1, 0.15) is 5.60 Å². The average Bonchev–Trinajstić information content (AvgIpc) is 2.59. The molecule has 26 heavy (non-hydrogen) atoms. The Morgan fingerprint density at radius 1 is 1.38 bits per heavy atom. The molecule has 3 rings (SSSR count). The van der Waals surface area contributed by atoms with Crippen molar-refractivity contribution in [3.63, 3.8) is 0 Å². The summed E-state index contributed by atoms with van der Waals surface area (Å²) in [7, 11) is 3.35. The summed E-state index contributed by atoms with van der Waals surface area (Å²) in [5.41, 5.74) is -0.789. The molecule has 0 spiro atoms. The van der Waals surface area contributed by atoms with Crippen LogP contribution in [0.3, 0.4) is 0 Å². The fourth-order valence-electron chi connectivity index (χ4n) is 3.74. The van der Waals surface area contributed by atoms with E-state index in [0.717, 1.165) is 0 Å². The van der Waals surface area contributed by atoms with Gasteiger partial charge in [-0.1, -0.05) is 6.07 Å². The number of hydrogen-bond acceptors (Lipinski definition) is 5. The highest BCUT2D eigenvalue weighted by molar-refractivity contribution is 5.85. The van der Waals surface area contributed by atoms with E-state index in [9.17, 15) is 19.4 Å². The standard InChI is InChI=1S/C19H27FN2O4/c1-22-7-5-19(25,6-8-22)18(24)21-17(13-9-14(23)10-13)12-3-4-16(26-2)15(20)11-12/h3-4,11,13-14,17,23,25H,5-10H2,1-2H3,(H,21,24)/t13?,14?,17-/m1/s1. The first-order valence-corrected chi connectivity index (χ1v) is 9.06. The lowest BCUT2D eigenvalue weighted by Gasteiger charge is -2.41. The predicted molar refractivity (Wildman–Crippen MR) is 94.2 cm³/mol. The lowest BCUT2D eigenvalue weighted by Crippen LogP contribution is -2.55. The highest BCUT2D eigenvalue weighted by Crippen LogP contribution is 2.39. The number of carbonyl (C=O) groups excluding carboxylic acids is 1. The van der Waals surface area contributed by atoms with Gasteiger partial charge >= 0.3 is 0 Å². The van der Waals surface area contributed by atoms with Gasteiger partial charge in [-0.25, -0.2) is 4.39 Å². The fraction of sp³-hybridized carbons (Fsp3) is 0.632. The Kier molecular flexibility index (Phi) is 5.50. The van der Waals surface area contributed by atoms with Gasteiger partial charge in [-0.05, 0) is 56.3 Å². The van der Waals surface area contributed by atoms with Crippen LogP contribution in [0.25, 0.3) is 0 Å². The Labute approximate surface area is 153 Å². The second kappa shape index (κ2) is 7.50. The summed E-state index contributed by atoms with van der Waals surface area (Å²) >= 11 is 0. The molecule has 2 fully saturated rings. The zero-order valence-corrected chi connectivity index (χ0v) is 15.2. The van der Waals surface area contributed by atoms with Gasteiger partial charge in [-0.3, -0.25) is 4.79 Å². The van der Waals surface area contributed by atoms with E-state index < -0.39 is 29.5 Å². The van der Waals surface area contributed by atoms with Gasteiger partial charge in [-0.15, -0.1) is 0 Å². The first-order valence-electron chi connectivity index (χ1n) is 9.06. The number of rotatable bonds is 5. The second-order valence-corrected chi connectivity index (χ2v) is 7.57. The van der Waals surface area contributed by atoms with Crippen LogP contribution in [0.2, 0.25) is 0 Å². The number of aliphatic hydroxyl groups excluding tert-OH is 1. The number of carbonyl (C=O) groups is 1. The molecule has 144 valence electrons. The number of ether oxygens (including phenoxy) is 1. The average molecular weight is 366 g/mol. The van der Waals surface area contributed by atoms with Crippen LogP contribution in [0, 0.1) is 11.7 Å². The number of benzene rings is 1. The Hall–Kier alpha value is -1.70. The molecule has 3 N–H and O–H groups in total. The van der Waals surface area contributed by atoms with Crippen molar-refractivity contribution >= 4 is 5.91 Å². The van der Waals surface area contributed by atoms with Crippen molar-refractivity contribution in [1.29, 1.82) is 0 Å². The van der Waals surface area contributed by atoms with Crippen molar-refractivity contribution < 1.29 is 24.1 Å². The number of amides is 1. The summed E-state index contributed by atoms with van der Waals surface area (Å²) < 4.78 is 19.1. The molecule has 0 bridgehead atoms. The summed E-state index contributed by atoms with van der Waals surface area (Å²) in [6, 6.07) is 4.15. The van der Waals surface area contributed by atoms with Crippen LogP contribution in [0.1, 0.15) is 37.3 Å². The van der Waals surface area contributed by atoms with E-state index in [0.29, 0.717) is 44.3 Å². The molecule has 6 nitrogen and oxygen atoms in total. The van der Waals surface area contributed by atoms with Gasteiger partial charge in [0.2, 0.25) is 0 Å². The second-order valence-electron chi connectivity index (χ2n) is 7.57. The maximum absolute atomic E-state index is 14.1. The lowest BCUT2D eigenvalue weighted by atomic mass is 9.74. The molecule has 1 heterocycles. The van der Waals surface area contributed by atoms with E-state index in [1.165, 1.54) is 19.2 Å². The molecule has 1 aromatic carbocycles. The van der Waals surface area contributed by atoms with Crippen molar-refractivity contribution in [1.82, 2.24) is 10.2 Å². The van der Waals surface area contributed by atoms with Crippen molar-refractivity contribution in [2.24, 2.45) is 5.92 Å². The third-order valence-electron chi connectivity index (χ3n) is 5.68. The largest absolute Gasteiger partial charge is 0.494 e. The third-order valence-corrected chi connectivity index (χ3v) is 5.68. The first kappa shape index (κ1) is 19.1. The molecular weight excluding hydrogens is 339 g/mol. The van der Waals surface area contributed by atoms with Gasteiger partial charge < -0.3 is 25.2 Å². The van der Waals surface area contributed by atoms with Crippen LogP contribution in [0.5, 0.6) is 5.75 Å². The third kappa shape index (κ3) is 3.84. The summed E-state index contributed by atoms with van der Waals surface area (Å²) in [4.78, 5) is 14.9. The smallest absolute Gasteiger partial charge is 0.252 e. The SMILES string of the molecule is COc1ccc([C@@H](NC(=O)C2(O)CCN(C)CC2)C2CC(O)C2)cc1F. The summed E-state index contributed by atoms with van der Waals surface area (Å²) in [6.45, 7) is 1.29. The summed E-state index contributed by atoms with van der Waals surface area (Å²) in [6.07, 6.45) is 1.42. The molecule has 0 radical (unpaired) electrons. The van der Waals surface area contributed by atoms with Gasteiger partial charge in [0.15, 0.2) is 11.6 Å². The highest BCUT2D eigenvalue weighted by Gasteiger charge is 2.42. The normalized spacial score (nSPS) is 26.7. The number of hydrogen-bond donors (Lipinski definition) is 3. The topological polar surface area (TPSA) is 82.0 Å². The van der Waals surface area contributed by atoms with E-state index in [4.69, 9.17) is 4.74 Å². The quantitative estimate of drug-likeness (QED) is 0.730. The Balaban J connectivity index is 1.78. The van der Waals surface area contributed by atoms with E-state index in [-0.39, 0.29) is 11.7 Å². The molecule has 1 aromatic rings. The molecule has 1 atom stereocenters. The molecular formula is C19H27FN2O4. The maximum Gasteiger partial charge on any atom is 0.252 e. The molecule has 1 saturated carbocycles. The van der Waals surface area contributed by atoms with Gasteiger partial charge in [0.25, 0.3) is 5.91 Å². The molecule has 0 unspecified atom stereocenters. The van der Waals surface area contributed by atoms with E-state index >= 15 is 0 Å². The van der Waals surface area contributed by atoms with Crippen LogP contribution >= 0.6 is 0 Å². The predicted octanol–water partition coefficient (Wildman–Crippen LogP) is 1.22. The van der Waals surface area contributed by atoms with Gasteiger partial charge in [-0.2, -0.15) is 0 Å². The molecule has 1 aliphatic carbocycles. The molecule has 1 aliphatic heterocycles. The summed E-state index contributed by atoms with van der Waals surface area (Å²) in [5, 5.41) is 23.3.